The lowest BCUT2D eigenvalue weighted by Crippen LogP contribution is -2.55. The normalized spacial score (nSPS) is 14.6. The van der Waals surface area contributed by atoms with Crippen molar-refractivity contribution in [2.24, 2.45) is 0 Å². The van der Waals surface area contributed by atoms with Crippen LogP contribution in [0.1, 0.15) is 91.3 Å². The zero-order chi connectivity index (χ0) is 31.2. The molecule has 1 saturated heterocycles. The highest BCUT2D eigenvalue weighted by Gasteiger charge is 2.31. The first-order valence-electron chi connectivity index (χ1n) is 14.1. The second-order valence-corrected chi connectivity index (χ2v) is 10.7. The average Bonchev–Trinajstić information content (AvgIpc) is 2.88. The van der Waals surface area contributed by atoms with Crippen LogP contribution >= 0.6 is 0 Å². The summed E-state index contributed by atoms with van der Waals surface area (Å²) in [6.45, 7) is 19.4. The third-order valence-electron chi connectivity index (χ3n) is 6.14. The molecule has 0 spiro atoms. The minimum absolute atomic E-state index is 0.00639. The maximum atomic E-state index is 13.9. The summed E-state index contributed by atoms with van der Waals surface area (Å²) in [7, 11) is 0. The first-order chi connectivity index (χ1) is 19.3. The SMILES string of the molecule is CC1(C)CCCC(C)(C)N1.CCOc1cc(C)c(C#N)c(F)c1OCC.CCOc1ccc(C#N)c(F)c1OCC. The van der Waals surface area contributed by atoms with Crippen LogP contribution in [0.2, 0.25) is 0 Å². The number of benzene rings is 2. The Labute approximate surface area is 244 Å². The molecule has 9 heteroatoms. The van der Waals surface area contributed by atoms with Crippen molar-refractivity contribution in [3.8, 4) is 35.1 Å². The van der Waals surface area contributed by atoms with E-state index < -0.39 is 11.6 Å². The molecule has 0 aromatic heterocycles. The summed E-state index contributed by atoms with van der Waals surface area (Å²) in [5.74, 6) is -0.600. The molecule has 1 heterocycles. The molecule has 0 bridgehead atoms. The Balaban J connectivity index is 0.000000316. The first-order valence-corrected chi connectivity index (χ1v) is 14.1. The van der Waals surface area contributed by atoms with Crippen molar-refractivity contribution in [3.05, 3.63) is 46.5 Å². The van der Waals surface area contributed by atoms with Gasteiger partial charge >= 0.3 is 0 Å². The van der Waals surface area contributed by atoms with Crippen LogP contribution in [-0.2, 0) is 0 Å². The molecule has 1 aliphatic rings. The number of aryl methyl sites for hydroxylation is 1. The highest BCUT2D eigenvalue weighted by atomic mass is 19.1. The van der Waals surface area contributed by atoms with E-state index in [1.807, 2.05) is 6.07 Å². The van der Waals surface area contributed by atoms with Gasteiger partial charge in [0.05, 0.1) is 37.6 Å². The van der Waals surface area contributed by atoms with Crippen LogP contribution in [0.3, 0.4) is 0 Å². The van der Waals surface area contributed by atoms with Crippen LogP contribution in [0.25, 0.3) is 0 Å². The summed E-state index contributed by atoms with van der Waals surface area (Å²) < 4.78 is 48.2. The highest BCUT2D eigenvalue weighted by Crippen LogP contribution is 2.35. The maximum Gasteiger partial charge on any atom is 0.198 e. The number of nitrogens with one attached hydrogen (secondary N) is 1. The van der Waals surface area contributed by atoms with Crippen LogP contribution in [0, 0.1) is 41.2 Å². The van der Waals surface area contributed by atoms with E-state index in [0.29, 0.717) is 54.6 Å². The number of halogens is 2. The molecule has 0 unspecified atom stereocenters. The van der Waals surface area contributed by atoms with E-state index in [9.17, 15) is 8.78 Å². The Morgan fingerprint density at radius 2 is 1.24 bits per heavy atom. The highest BCUT2D eigenvalue weighted by molar-refractivity contribution is 5.53. The van der Waals surface area contributed by atoms with Gasteiger partial charge in [-0.25, -0.2) is 8.78 Å². The lowest BCUT2D eigenvalue weighted by atomic mass is 9.83. The Hall–Kier alpha value is -3.56. The minimum Gasteiger partial charge on any atom is -0.490 e. The summed E-state index contributed by atoms with van der Waals surface area (Å²) in [5, 5.41) is 21.1. The molecular weight excluding hydrogens is 528 g/mol. The fourth-order valence-electron chi connectivity index (χ4n) is 4.59. The van der Waals surface area contributed by atoms with Crippen LogP contribution in [-0.4, -0.2) is 37.5 Å². The lowest BCUT2D eigenvalue weighted by molar-refractivity contribution is 0.183. The zero-order valence-corrected chi connectivity index (χ0v) is 26.0. The van der Waals surface area contributed by atoms with Crippen molar-refractivity contribution < 1.29 is 27.7 Å². The molecule has 226 valence electrons. The Morgan fingerprint density at radius 1 is 0.756 bits per heavy atom. The van der Waals surface area contributed by atoms with Gasteiger partial charge in [0.25, 0.3) is 0 Å². The predicted octanol–water partition coefficient (Wildman–Crippen LogP) is 7.62. The second-order valence-electron chi connectivity index (χ2n) is 10.7. The third-order valence-corrected chi connectivity index (χ3v) is 6.14. The molecule has 1 fully saturated rings. The molecule has 1 aliphatic heterocycles. The largest absolute Gasteiger partial charge is 0.490 e. The summed E-state index contributed by atoms with van der Waals surface area (Å²) in [6.07, 6.45) is 4.00. The van der Waals surface area contributed by atoms with Gasteiger partial charge in [-0.2, -0.15) is 10.5 Å². The van der Waals surface area contributed by atoms with Crippen molar-refractivity contribution in [2.45, 2.75) is 92.7 Å². The monoisotopic (exact) mass is 573 g/mol. The van der Waals surface area contributed by atoms with Crippen molar-refractivity contribution in [1.29, 1.82) is 10.5 Å². The van der Waals surface area contributed by atoms with Crippen LogP contribution in [0.5, 0.6) is 23.0 Å². The molecule has 0 amide bonds. The topological polar surface area (TPSA) is 96.5 Å². The molecule has 3 rings (SSSR count). The number of nitrogens with zero attached hydrogens (tertiary/aromatic N) is 2. The molecule has 0 saturated carbocycles. The van der Waals surface area contributed by atoms with Crippen LogP contribution in [0.15, 0.2) is 18.2 Å². The van der Waals surface area contributed by atoms with E-state index in [1.165, 1.54) is 31.4 Å². The molecule has 1 N–H and O–H groups in total. The van der Waals surface area contributed by atoms with Crippen molar-refractivity contribution >= 4 is 0 Å². The molecule has 2 aromatic rings. The van der Waals surface area contributed by atoms with E-state index in [4.69, 9.17) is 29.5 Å². The van der Waals surface area contributed by atoms with Gasteiger partial charge in [0.1, 0.15) is 12.1 Å². The number of rotatable bonds is 8. The van der Waals surface area contributed by atoms with E-state index >= 15 is 0 Å². The summed E-state index contributed by atoms with van der Waals surface area (Å²) in [5.41, 5.74) is 1.24. The van der Waals surface area contributed by atoms with E-state index in [1.54, 1.807) is 46.8 Å². The Bertz CT molecular complexity index is 1200. The Morgan fingerprint density at radius 3 is 1.66 bits per heavy atom. The standard InChI is InChI=1S/C12H14FNO2.C11H12FNO2.C9H19N/c1-4-15-10-6-8(3)9(7-14)11(13)12(10)16-5-2;1-3-14-9-6-5-8(7-13)10(12)11(9)15-4-2;1-8(2)6-5-7-9(3,4)10-8/h6H,4-5H2,1-3H3;5-6H,3-4H2,1-2H3;10H,5-7H2,1-4H3. The molecular formula is C32H45F2N3O4. The second kappa shape index (κ2) is 16.6. The number of ether oxygens (including phenoxy) is 4. The molecule has 7 nitrogen and oxygen atoms in total. The van der Waals surface area contributed by atoms with E-state index in [-0.39, 0.29) is 22.6 Å². The van der Waals surface area contributed by atoms with Crippen molar-refractivity contribution in [1.82, 2.24) is 5.32 Å². The predicted molar refractivity (Wildman–Crippen MR) is 157 cm³/mol. The Kier molecular flexibility index (Phi) is 14.4. The van der Waals surface area contributed by atoms with Gasteiger partial charge in [-0.15, -0.1) is 0 Å². The smallest absolute Gasteiger partial charge is 0.198 e. The van der Waals surface area contributed by atoms with Gasteiger partial charge in [-0.05, 0) is 105 Å². The molecule has 0 atom stereocenters. The fraction of sp³-hybridized carbons (Fsp3) is 0.562. The van der Waals surface area contributed by atoms with Crippen LogP contribution in [0.4, 0.5) is 8.78 Å². The van der Waals surface area contributed by atoms with Gasteiger partial charge in [0.2, 0.25) is 0 Å². The number of hydrogen-bond donors (Lipinski definition) is 1. The number of piperidine rings is 1. The average molecular weight is 574 g/mol. The van der Waals surface area contributed by atoms with Crippen molar-refractivity contribution in [2.75, 3.05) is 26.4 Å². The van der Waals surface area contributed by atoms with Gasteiger partial charge in [0, 0.05) is 11.1 Å². The first kappa shape index (κ1) is 35.5. The van der Waals surface area contributed by atoms with Gasteiger partial charge < -0.3 is 24.3 Å². The summed E-state index contributed by atoms with van der Waals surface area (Å²) >= 11 is 0. The van der Waals surface area contributed by atoms with Gasteiger partial charge in [-0.3, -0.25) is 0 Å². The van der Waals surface area contributed by atoms with Gasteiger partial charge in [0.15, 0.2) is 34.6 Å². The number of hydrogen-bond acceptors (Lipinski definition) is 7. The molecule has 0 radical (unpaired) electrons. The minimum atomic E-state index is -0.662. The molecule has 0 aliphatic carbocycles. The number of nitriles is 2. The maximum absolute atomic E-state index is 13.9. The zero-order valence-electron chi connectivity index (χ0n) is 26.0. The van der Waals surface area contributed by atoms with Crippen molar-refractivity contribution in [3.63, 3.8) is 0 Å². The molecule has 41 heavy (non-hydrogen) atoms. The van der Waals surface area contributed by atoms with Gasteiger partial charge in [-0.1, -0.05) is 0 Å². The summed E-state index contributed by atoms with van der Waals surface area (Å²) in [6, 6.07) is 8.11. The summed E-state index contributed by atoms with van der Waals surface area (Å²) in [4.78, 5) is 0. The quantitative estimate of drug-likeness (QED) is 0.347. The van der Waals surface area contributed by atoms with E-state index in [2.05, 4.69) is 33.0 Å². The van der Waals surface area contributed by atoms with Crippen LogP contribution < -0.4 is 24.3 Å². The van der Waals surface area contributed by atoms with E-state index in [0.717, 1.165) is 0 Å². The third kappa shape index (κ3) is 10.7. The fourth-order valence-corrected chi connectivity index (χ4v) is 4.59. The lowest BCUT2D eigenvalue weighted by Gasteiger charge is -2.42. The molecule has 2 aromatic carbocycles.